The predicted octanol–water partition coefficient (Wildman–Crippen LogP) is 1.94. The number of hydrogen-bond donors (Lipinski definition) is 1. The van der Waals surface area contributed by atoms with Crippen molar-refractivity contribution in [2.45, 2.75) is 0 Å². The number of nitrogens with zero attached hydrogens (tertiary/aromatic N) is 6. The van der Waals surface area contributed by atoms with Crippen molar-refractivity contribution < 1.29 is 9.90 Å². The van der Waals surface area contributed by atoms with Crippen molar-refractivity contribution in [2.75, 3.05) is 0 Å². The van der Waals surface area contributed by atoms with Gasteiger partial charge in [-0.15, -0.1) is 20.4 Å². The average molecular weight is 278 g/mol. The number of hydrogen-bond acceptors (Lipinski definition) is 7. The van der Waals surface area contributed by atoms with Crippen LogP contribution in [0.5, 0.6) is 0 Å². The van der Waals surface area contributed by atoms with Crippen LogP contribution >= 0.6 is 0 Å². The molecule has 0 bridgehead atoms. The maximum Gasteiger partial charge on any atom is 0.336 e. The Kier molecular flexibility index (Phi) is 2.25. The Morgan fingerprint density at radius 2 is 1.62 bits per heavy atom. The van der Waals surface area contributed by atoms with Gasteiger partial charge in [0.15, 0.2) is 0 Å². The van der Waals surface area contributed by atoms with E-state index in [1.54, 1.807) is 24.3 Å². The lowest BCUT2D eigenvalue weighted by Gasteiger charge is -1.98. The number of fused-ring (bicyclic) bond motifs is 2. The van der Waals surface area contributed by atoms with Gasteiger partial charge in [-0.1, -0.05) is 12.1 Å². The molecule has 0 atom stereocenters. The van der Waals surface area contributed by atoms with E-state index in [0.717, 1.165) is 0 Å². The summed E-state index contributed by atoms with van der Waals surface area (Å²) in [7, 11) is 0. The normalized spacial score (nSPS) is 15.2. The highest BCUT2D eigenvalue weighted by Crippen LogP contribution is 2.16. The smallest absolute Gasteiger partial charge is 0.336 e. The molecule has 2 aliphatic heterocycles. The van der Waals surface area contributed by atoms with Crippen molar-refractivity contribution in [3.8, 4) is 0 Å². The van der Waals surface area contributed by atoms with Crippen molar-refractivity contribution in [1.29, 1.82) is 0 Å². The zero-order valence-corrected chi connectivity index (χ0v) is 10.4. The van der Waals surface area contributed by atoms with E-state index in [4.69, 9.17) is 0 Å². The number of aromatic carboxylic acids is 1. The lowest BCUT2D eigenvalue weighted by Crippen LogP contribution is -2.14. The third-order valence-corrected chi connectivity index (χ3v) is 3.27. The van der Waals surface area contributed by atoms with Crippen LogP contribution in [0.4, 0.5) is 11.4 Å². The molecule has 0 fully saturated rings. The van der Waals surface area contributed by atoms with Gasteiger partial charge in [-0.2, -0.15) is 0 Å². The maximum absolute atomic E-state index is 11.5. The SMILES string of the molecule is O=C(O)c1ccc2c(/c1=c1/cccc3c1=NN=N3)=NN=N2. The van der Waals surface area contributed by atoms with Gasteiger partial charge in [-0.25, -0.2) is 4.79 Å². The second kappa shape index (κ2) is 4.10. The van der Waals surface area contributed by atoms with E-state index in [9.17, 15) is 9.90 Å². The Bertz CT molecular complexity index is 1070. The molecule has 1 N–H and O–H groups in total. The highest BCUT2D eigenvalue weighted by Gasteiger charge is 2.14. The summed E-state index contributed by atoms with van der Waals surface area (Å²) in [5.41, 5.74) is 1.23. The van der Waals surface area contributed by atoms with Gasteiger partial charge in [-0.05, 0) is 28.6 Å². The Morgan fingerprint density at radius 1 is 0.905 bits per heavy atom. The van der Waals surface area contributed by atoms with E-state index in [1.165, 1.54) is 6.07 Å². The fraction of sp³-hybridized carbons (Fsp3) is 0. The fourth-order valence-electron chi connectivity index (χ4n) is 2.36. The third kappa shape index (κ3) is 1.59. The van der Waals surface area contributed by atoms with E-state index in [1.807, 2.05) is 0 Å². The first-order valence-corrected chi connectivity index (χ1v) is 6.03. The molecule has 0 aromatic heterocycles. The van der Waals surface area contributed by atoms with Crippen molar-refractivity contribution in [3.63, 3.8) is 0 Å². The van der Waals surface area contributed by atoms with Crippen LogP contribution in [0.15, 0.2) is 61.2 Å². The molecule has 0 aliphatic carbocycles. The summed E-state index contributed by atoms with van der Waals surface area (Å²) in [6.07, 6.45) is 0. The van der Waals surface area contributed by atoms with Crippen LogP contribution in [-0.4, -0.2) is 11.1 Å². The van der Waals surface area contributed by atoms with E-state index in [-0.39, 0.29) is 5.56 Å². The number of carboxylic acids is 1. The molecule has 2 aromatic carbocycles. The summed E-state index contributed by atoms with van der Waals surface area (Å²) in [6.45, 7) is 0. The van der Waals surface area contributed by atoms with Crippen molar-refractivity contribution >= 4 is 17.3 Å². The molecule has 0 radical (unpaired) electrons. The summed E-state index contributed by atoms with van der Waals surface area (Å²) < 4.78 is 0. The topological polar surface area (TPSA) is 111 Å². The first kappa shape index (κ1) is 11.5. The third-order valence-electron chi connectivity index (χ3n) is 3.27. The Labute approximate surface area is 116 Å². The summed E-state index contributed by atoms with van der Waals surface area (Å²) in [6, 6.07) is 8.35. The number of carbonyl (C=O) groups is 1. The van der Waals surface area contributed by atoms with Crippen molar-refractivity contribution in [3.05, 3.63) is 57.0 Å². The van der Waals surface area contributed by atoms with Crippen LogP contribution in [0.3, 0.4) is 0 Å². The highest BCUT2D eigenvalue weighted by molar-refractivity contribution is 5.88. The molecule has 8 nitrogen and oxygen atoms in total. The number of rotatable bonds is 1. The predicted molar refractivity (Wildman–Crippen MR) is 68.9 cm³/mol. The molecule has 0 amide bonds. The molecular weight excluding hydrogens is 272 g/mol. The first-order chi connectivity index (χ1) is 10.3. The van der Waals surface area contributed by atoms with Crippen LogP contribution in [0, 0.1) is 10.4 Å². The number of carboxylic acid groups (broad SMARTS) is 1. The van der Waals surface area contributed by atoms with Gasteiger partial charge in [0.2, 0.25) is 0 Å². The largest absolute Gasteiger partial charge is 0.478 e. The van der Waals surface area contributed by atoms with Gasteiger partial charge in [0.05, 0.1) is 5.56 Å². The molecule has 0 unspecified atom stereocenters. The second-order valence-electron chi connectivity index (χ2n) is 4.41. The summed E-state index contributed by atoms with van der Waals surface area (Å²) >= 11 is 0. The van der Waals surface area contributed by atoms with Crippen LogP contribution < -0.4 is 10.7 Å². The Balaban J connectivity index is 2.38. The molecule has 2 aliphatic rings. The Hall–Kier alpha value is -3.29. The zero-order chi connectivity index (χ0) is 14.4. The molecule has 2 aromatic rings. The molecule has 2 heterocycles. The minimum atomic E-state index is -1.06. The maximum atomic E-state index is 11.5. The van der Waals surface area contributed by atoms with Gasteiger partial charge in [0, 0.05) is 10.4 Å². The quantitative estimate of drug-likeness (QED) is 0.859. The van der Waals surface area contributed by atoms with Crippen LogP contribution in [0.2, 0.25) is 0 Å². The van der Waals surface area contributed by atoms with Gasteiger partial charge in [0.25, 0.3) is 0 Å². The van der Waals surface area contributed by atoms with Gasteiger partial charge < -0.3 is 5.11 Å². The monoisotopic (exact) mass is 278 g/mol. The fourth-order valence-corrected chi connectivity index (χ4v) is 2.36. The molecule has 0 spiro atoms. The molecule has 100 valence electrons. The van der Waals surface area contributed by atoms with Crippen LogP contribution in [0.1, 0.15) is 10.4 Å². The summed E-state index contributed by atoms with van der Waals surface area (Å²) in [5.74, 6) is -1.06. The molecule has 0 saturated heterocycles. The van der Waals surface area contributed by atoms with Crippen molar-refractivity contribution in [1.82, 2.24) is 0 Å². The highest BCUT2D eigenvalue weighted by atomic mass is 16.4. The van der Waals surface area contributed by atoms with Gasteiger partial charge in [-0.3, -0.25) is 0 Å². The van der Waals surface area contributed by atoms with Crippen molar-refractivity contribution in [2.24, 2.45) is 30.9 Å². The summed E-state index contributed by atoms with van der Waals surface area (Å²) in [4.78, 5) is 11.5. The van der Waals surface area contributed by atoms with E-state index < -0.39 is 5.97 Å². The number of benzene rings is 2. The molecule has 21 heavy (non-hydrogen) atoms. The zero-order valence-electron chi connectivity index (χ0n) is 10.4. The van der Waals surface area contributed by atoms with E-state index in [2.05, 4.69) is 30.9 Å². The lowest BCUT2D eigenvalue weighted by atomic mass is 10.1. The molecular formula is C13H6N6O2. The molecule has 8 heteroatoms. The molecule has 4 rings (SSSR count). The lowest BCUT2D eigenvalue weighted by molar-refractivity contribution is 0.0695. The van der Waals surface area contributed by atoms with Gasteiger partial charge in [0.1, 0.15) is 22.1 Å². The Morgan fingerprint density at radius 3 is 2.38 bits per heavy atom. The van der Waals surface area contributed by atoms with E-state index in [0.29, 0.717) is 32.5 Å². The van der Waals surface area contributed by atoms with Crippen LogP contribution in [-0.2, 0) is 0 Å². The standard InChI is InChI=1S/C13H6N6O2/c20-13(21)7-4-5-9-12(17-19-15-9)10(7)6-2-1-3-8-11(6)16-18-14-8/h1-5H,(H,20,21)/b10-6-. The van der Waals surface area contributed by atoms with Gasteiger partial charge >= 0.3 is 5.97 Å². The second-order valence-corrected chi connectivity index (χ2v) is 4.41. The molecule has 0 saturated carbocycles. The first-order valence-electron chi connectivity index (χ1n) is 6.03. The van der Waals surface area contributed by atoms with Crippen LogP contribution in [0.25, 0.3) is 0 Å². The minimum absolute atomic E-state index is 0.111. The minimum Gasteiger partial charge on any atom is -0.478 e. The van der Waals surface area contributed by atoms with E-state index >= 15 is 0 Å². The average Bonchev–Trinajstić information content (AvgIpc) is 3.13. The summed E-state index contributed by atoms with van der Waals surface area (Å²) in [5, 5.41) is 34.3.